The van der Waals surface area contributed by atoms with Crippen molar-refractivity contribution in [3.05, 3.63) is 0 Å². The molecule has 0 rings (SSSR count). The fourth-order valence-corrected chi connectivity index (χ4v) is 1.58. The van der Waals surface area contributed by atoms with E-state index >= 15 is 0 Å². The molecule has 0 aromatic carbocycles. The first-order valence-corrected chi connectivity index (χ1v) is 5.63. The van der Waals surface area contributed by atoms with Gasteiger partial charge in [-0.3, -0.25) is 9.59 Å². The van der Waals surface area contributed by atoms with Gasteiger partial charge in [0.1, 0.15) is 6.61 Å². The van der Waals surface area contributed by atoms with Crippen LogP contribution in [0.25, 0.3) is 0 Å². The van der Waals surface area contributed by atoms with Crippen molar-refractivity contribution in [3.63, 3.8) is 0 Å². The Kier molecular flexibility index (Phi) is 7.01. The van der Waals surface area contributed by atoms with Crippen LogP contribution in [0.3, 0.4) is 0 Å². The number of aldehydes is 1. The van der Waals surface area contributed by atoms with E-state index in [1.807, 2.05) is 0 Å². The van der Waals surface area contributed by atoms with Gasteiger partial charge in [0, 0.05) is 0 Å². The van der Waals surface area contributed by atoms with Crippen molar-refractivity contribution in [3.8, 4) is 0 Å². The third kappa shape index (κ3) is 5.55. The number of esters is 1. The molecule has 3 heteroatoms. The maximum Gasteiger partial charge on any atom is 0.309 e. The highest BCUT2D eigenvalue weighted by Crippen LogP contribution is 2.24. The Morgan fingerprint density at radius 2 is 1.93 bits per heavy atom. The molecule has 0 aliphatic carbocycles. The monoisotopic (exact) mass is 214 g/mol. The van der Waals surface area contributed by atoms with Gasteiger partial charge in [0.2, 0.25) is 0 Å². The summed E-state index contributed by atoms with van der Waals surface area (Å²) in [5.41, 5.74) is 0. The average Bonchev–Trinajstić information content (AvgIpc) is 2.21. The number of ether oxygens (including phenoxy) is 1. The predicted octanol–water partition coefficient (Wildman–Crippen LogP) is 2.44. The smallest absolute Gasteiger partial charge is 0.309 e. The third-order valence-corrected chi connectivity index (χ3v) is 2.65. The molecule has 0 aliphatic heterocycles. The van der Waals surface area contributed by atoms with Crippen LogP contribution < -0.4 is 0 Å². The minimum absolute atomic E-state index is 0.0741. The van der Waals surface area contributed by atoms with Gasteiger partial charge < -0.3 is 4.74 Å². The second kappa shape index (κ2) is 7.43. The van der Waals surface area contributed by atoms with E-state index < -0.39 is 0 Å². The van der Waals surface area contributed by atoms with Crippen molar-refractivity contribution in [2.24, 2.45) is 17.8 Å². The minimum Gasteiger partial charge on any atom is -0.458 e. The summed E-state index contributed by atoms with van der Waals surface area (Å²) in [7, 11) is 0. The third-order valence-electron chi connectivity index (χ3n) is 2.65. The lowest BCUT2D eigenvalue weighted by molar-refractivity contribution is -0.152. The van der Waals surface area contributed by atoms with Crippen molar-refractivity contribution < 1.29 is 14.3 Å². The van der Waals surface area contributed by atoms with E-state index in [-0.39, 0.29) is 18.5 Å². The van der Waals surface area contributed by atoms with Crippen molar-refractivity contribution in [2.45, 2.75) is 40.5 Å². The first-order chi connectivity index (χ1) is 7.02. The van der Waals surface area contributed by atoms with Gasteiger partial charge in [-0.2, -0.15) is 0 Å². The van der Waals surface area contributed by atoms with E-state index in [1.54, 1.807) is 0 Å². The Balaban J connectivity index is 4.33. The number of hydrogen-bond acceptors (Lipinski definition) is 3. The number of rotatable bonds is 7. The van der Waals surface area contributed by atoms with Crippen LogP contribution in [0.1, 0.15) is 40.5 Å². The quantitative estimate of drug-likeness (QED) is 0.483. The highest BCUT2D eigenvalue weighted by Gasteiger charge is 2.26. The van der Waals surface area contributed by atoms with Crippen molar-refractivity contribution in [2.75, 3.05) is 6.61 Å². The van der Waals surface area contributed by atoms with Crippen molar-refractivity contribution in [1.82, 2.24) is 0 Å². The van der Waals surface area contributed by atoms with Gasteiger partial charge >= 0.3 is 5.97 Å². The molecular weight excluding hydrogens is 192 g/mol. The lowest BCUT2D eigenvalue weighted by Crippen LogP contribution is -2.26. The molecule has 2 atom stereocenters. The fraction of sp³-hybridized carbons (Fsp3) is 0.833. The molecule has 88 valence electrons. The fourth-order valence-electron chi connectivity index (χ4n) is 1.58. The lowest BCUT2D eigenvalue weighted by Gasteiger charge is -2.22. The van der Waals surface area contributed by atoms with Gasteiger partial charge in [-0.15, -0.1) is 0 Å². The molecule has 0 radical (unpaired) electrons. The zero-order valence-electron chi connectivity index (χ0n) is 10.2. The molecule has 0 bridgehead atoms. The van der Waals surface area contributed by atoms with Crippen LogP contribution in [0.4, 0.5) is 0 Å². The Hall–Kier alpha value is -0.860. The average molecular weight is 214 g/mol. The standard InChI is InChI=1S/C12H22O3/c1-5-10(4)11(8-9(2)3)12(14)15-7-6-13/h6,9-11H,5,7-8H2,1-4H3. The van der Waals surface area contributed by atoms with Crippen molar-refractivity contribution >= 4 is 12.3 Å². The molecule has 2 unspecified atom stereocenters. The molecular formula is C12H22O3. The normalized spacial score (nSPS) is 14.7. The summed E-state index contributed by atoms with van der Waals surface area (Å²) in [6.07, 6.45) is 2.39. The second-order valence-electron chi connectivity index (χ2n) is 4.42. The molecule has 0 aromatic heterocycles. The number of carbonyl (C=O) groups excluding carboxylic acids is 2. The zero-order valence-corrected chi connectivity index (χ0v) is 10.2. The summed E-state index contributed by atoms with van der Waals surface area (Å²) < 4.78 is 4.87. The maximum absolute atomic E-state index is 11.7. The van der Waals surface area contributed by atoms with Crippen molar-refractivity contribution in [1.29, 1.82) is 0 Å². The summed E-state index contributed by atoms with van der Waals surface area (Å²) in [5.74, 6) is 0.472. The predicted molar refractivity (Wildman–Crippen MR) is 59.4 cm³/mol. The molecule has 3 nitrogen and oxygen atoms in total. The van der Waals surface area contributed by atoms with Crippen LogP contribution in [0.5, 0.6) is 0 Å². The first-order valence-electron chi connectivity index (χ1n) is 5.63. The summed E-state index contributed by atoms with van der Waals surface area (Å²) in [5, 5.41) is 0. The van der Waals surface area contributed by atoms with Gasteiger partial charge in [0.25, 0.3) is 0 Å². The van der Waals surface area contributed by atoms with E-state index in [0.29, 0.717) is 18.1 Å². The summed E-state index contributed by atoms with van der Waals surface area (Å²) >= 11 is 0. The first kappa shape index (κ1) is 14.1. The second-order valence-corrected chi connectivity index (χ2v) is 4.42. The summed E-state index contributed by atoms with van der Waals surface area (Å²) in [4.78, 5) is 21.8. The molecule has 0 amide bonds. The molecule has 0 aliphatic rings. The molecule has 0 fully saturated rings. The molecule has 15 heavy (non-hydrogen) atoms. The highest BCUT2D eigenvalue weighted by molar-refractivity contribution is 5.74. The molecule has 0 saturated carbocycles. The van der Waals surface area contributed by atoms with E-state index in [2.05, 4.69) is 27.7 Å². The van der Waals surface area contributed by atoms with Gasteiger partial charge in [-0.1, -0.05) is 34.1 Å². The highest BCUT2D eigenvalue weighted by atomic mass is 16.5. The van der Waals surface area contributed by atoms with Gasteiger partial charge in [0.05, 0.1) is 5.92 Å². The topological polar surface area (TPSA) is 43.4 Å². The van der Waals surface area contributed by atoms with Gasteiger partial charge in [-0.05, 0) is 18.3 Å². The van der Waals surface area contributed by atoms with Crippen LogP contribution in [0.15, 0.2) is 0 Å². The van der Waals surface area contributed by atoms with E-state index in [0.717, 1.165) is 12.8 Å². The van der Waals surface area contributed by atoms with Gasteiger partial charge in [0.15, 0.2) is 6.29 Å². The van der Waals surface area contributed by atoms with Gasteiger partial charge in [-0.25, -0.2) is 0 Å². The Bertz CT molecular complexity index is 199. The number of carbonyl (C=O) groups is 2. The maximum atomic E-state index is 11.7. The Morgan fingerprint density at radius 3 is 2.33 bits per heavy atom. The van der Waals surface area contributed by atoms with Crippen LogP contribution in [-0.2, 0) is 14.3 Å². The van der Waals surface area contributed by atoms with Crippen LogP contribution in [0.2, 0.25) is 0 Å². The SMILES string of the molecule is CCC(C)C(CC(C)C)C(=O)OCC=O. The molecule has 0 N–H and O–H groups in total. The summed E-state index contributed by atoms with van der Waals surface area (Å²) in [6, 6.07) is 0. The van der Waals surface area contributed by atoms with Crippen LogP contribution >= 0.6 is 0 Å². The largest absolute Gasteiger partial charge is 0.458 e. The Labute approximate surface area is 92.2 Å². The van der Waals surface area contributed by atoms with Crippen LogP contribution in [-0.4, -0.2) is 18.9 Å². The molecule has 0 saturated heterocycles. The summed E-state index contributed by atoms with van der Waals surface area (Å²) in [6.45, 7) is 8.16. The lowest BCUT2D eigenvalue weighted by atomic mass is 9.85. The van der Waals surface area contributed by atoms with E-state index in [9.17, 15) is 9.59 Å². The molecule has 0 spiro atoms. The minimum atomic E-state index is -0.231. The van der Waals surface area contributed by atoms with E-state index in [1.165, 1.54) is 0 Å². The van der Waals surface area contributed by atoms with Crippen LogP contribution in [0, 0.1) is 17.8 Å². The molecule has 0 heterocycles. The number of hydrogen-bond donors (Lipinski definition) is 0. The molecule has 0 aromatic rings. The Morgan fingerprint density at radius 1 is 1.33 bits per heavy atom. The zero-order chi connectivity index (χ0) is 11.8. The van der Waals surface area contributed by atoms with E-state index in [4.69, 9.17) is 4.74 Å².